The van der Waals surface area contributed by atoms with E-state index in [-0.39, 0.29) is 22.9 Å². The van der Waals surface area contributed by atoms with E-state index < -0.39 is 0 Å². The first-order chi connectivity index (χ1) is 18.1. The molecule has 0 heterocycles. The number of carbonyl (C=O) groups excluding carboxylic acids is 1. The van der Waals surface area contributed by atoms with E-state index in [1.807, 2.05) is 19.0 Å². The van der Waals surface area contributed by atoms with E-state index in [2.05, 4.69) is 48.1 Å². The predicted octanol–water partition coefficient (Wildman–Crippen LogP) is 7.50. The van der Waals surface area contributed by atoms with Crippen molar-refractivity contribution >= 4 is 5.97 Å². The Hall–Kier alpha value is -0.870. The average Bonchev–Trinajstić information content (AvgIpc) is 3.22. The van der Waals surface area contributed by atoms with Crippen LogP contribution in [0.4, 0.5) is 0 Å². The monoisotopic (exact) mass is 541 g/mol. The molecule has 4 nitrogen and oxygen atoms in total. The largest absolute Gasteiger partial charge is 0.465 e. The molecule has 1 unspecified atom stereocenters. The topological polar surface area (TPSA) is 49.8 Å². The second kappa shape index (κ2) is 9.85. The Labute approximate surface area is 239 Å². The Morgan fingerprint density at radius 1 is 0.897 bits per heavy atom. The van der Waals surface area contributed by atoms with Crippen LogP contribution in [0, 0.1) is 56.7 Å². The van der Waals surface area contributed by atoms with Gasteiger partial charge in [0, 0.05) is 0 Å². The highest BCUT2D eigenvalue weighted by molar-refractivity contribution is 5.71. The number of aliphatic hydroxyl groups is 1. The lowest BCUT2D eigenvalue weighted by molar-refractivity contribution is -0.248. The van der Waals surface area contributed by atoms with Gasteiger partial charge in [0.2, 0.25) is 0 Å². The highest BCUT2D eigenvalue weighted by Crippen LogP contribution is 2.77. The van der Waals surface area contributed by atoms with Gasteiger partial charge in [0.1, 0.15) is 0 Å². The number of hydrogen-bond acceptors (Lipinski definition) is 4. The molecule has 0 aromatic rings. The first-order valence-electron chi connectivity index (χ1n) is 16.3. The van der Waals surface area contributed by atoms with Crippen molar-refractivity contribution in [2.24, 2.45) is 56.7 Å². The molecular weight excluding hydrogens is 482 g/mol. The van der Waals surface area contributed by atoms with Crippen molar-refractivity contribution in [3.05, 3.63) is 12.2 Å². The molecule has 0 aromatic carbocycles. The number of rotatable bonds is 6. The van der Waals surface area contributed by atoms with Gasteiger partial charge in [0.25, 0.3) is 0 Å². The summed E-state index contributed by atoms with van der Waals surface area (Å²) in [7, 11) is 3.85. The second-order valence-corrected chi connectivity index (χ2v) is 16.6. The molecular formula is C35H59NO3. The third-order valence-electron chi connectivity index (χ3n) is 14.5. The van der Waals surface area contributed by atoms with E-state index in [0.29, 0.717) is 47.2 Å². The summed E-state index contributed by atoms with van der Waals surface area (Å²) in [5, 5.41) is 11.0. The summed E-state index contributed by atoms with van der Waals surface area (Å²) >= 11 is 0. The van der Waals surface area contributed by atoms with Crippen molar-refractivity contribution in [2.75, 3.05) is 27.2 Å². The third-order valence-corrected chi connectivity index (χ3v) is 14.5. The van der Waals surface area contributed by atoms with Gasteiger partial charge in [-0.2, -0.15) is 0 Å². The summed E-state index contributed by atoms with van der Waals surface area (Å²) in [4.78, 5) is 14.2. The number of likely N-dealkylation sites (N-methyl/N-ethyl adjacent to an activating group) is 1. The highest BCUT2D eigenvalue weighted by atomic mass is 16.5. The van der Waals surface area contributed by atoms with Crippen molar-refractivity contribution in [3.63, 3.8) is 0 Å². The summed E-state index contributed by atoms with van der Waals surface area (Å²) in [5.74, 6) is 3.23. The molecule has 10 atom stereocenters. The van der Waals surface area contributed by atoms with E-state index in [4.69, 9.17) is 4.74 Å². The SMILES string of the molecule is C=C(C)[C@@H]1CC[C@]2(CCOC(=O)CN(C)C)CC[C@]3(C)[C@H](CC[C@@H]4[C@@]5(C)CCC(O)C(C)(C)[C@@H]5CC[C@]43C)[C@@H]12. The molecule has 0 radical (unpaired) electrons. The van der Waals surface area contributed by atoms with Crippen LogP contribution < -0.4 is 0 Å². The zero-order valence-electron chi connectivity index (χ0n) is 26.6. The number of hydrogen-bond donors (Lipinski definition) is 1. The lowest BCUT2D eigenvalue weighted by Crippen LogP contribution is -2.66. The van der Waals surface area contributed by atoms with Crippen molar-refractivity contribution in [1.29, 1.82) is 0 Å². The van der Waals surface area contributed by atoms with Gasteiger partial charge < -0.3 is 9.84 Å². The molecule has 0 saturated heterocycles. The maximum atomic E-state index is 12.4. The van der Waals surface area contributed by atoms with E-state index in [1.165, 1.54) is 63.4 Å². The summed E-state index contributed by atoms with van der Waals surface area (Å²) < 4.78 is 5.80. The van der Waals surface area contributed by atoms with Gasteiger partial charge in [-0.1, -0.05) is 46.8 Å². The van der Waals surface area contributed by atoms with E-state index in [0.717, 1.165) is 24.7 Å². The van der Waals surface area contributed by atoms with Crippen LogP contribution in [0.2, 0.25) is 0 Å². The summed E-state index contributed by atoms with van der Waals surface area (Å²) in [6.45, 7) is 20.5. The van der Waals surface area contributed by atoms with Crippen LogP contribution in [0.25, 0.3) is 0 Å². The van der Waals surface area contributed by atoms with Gasteiger partial charge in [0.05, 0.1) is 19.3 Å². The molecule has 5 rings (SSSR count). The highest BCUT2D eigenvalue weighted by Gasteiger charge is 2.70. The quantitative estimate of drug-likeness (QED) is 0.279. The number of ether oxygens (including phenoxy) is 1. The first-order valence-corrected chi connectivity index (χ1v) is 16.3. The Bertz CT molecular complexity index is 973. The van der Waals surface area contributed by atoms with Crippen LogP contribution >= 0.6 is 0 Å². The van der Waals surface area contributed by atoms with Gasteiger partial charge in [0.15, 0.2) is 0 Å². The van der Waals surface area contributed by atoms with Gasteiger partial charge in [-0.15, -0.1) is 0 Å². The summed E-state index contributed by atoms with van der Waals surface area (Å²) in [5.41, 5.74) is 2.66. The zero-order chi connectivity index (χ0) is 28.6. The molecule has 5 aliphatic carbocycles. The maximum absolute atomic E-state index is 12.4. The molecule has 5 fully saturated rings. The minimum absolute atomic E-state index is 0.00825. The Balaban J connectivity index is 1.44. The number of carbonyl (C=O) groups is 1. The fourth-order valence-corrected chi connectivity index (χ4v) is 12.4. The molecule has 5 saturated carbocycles. The Kier molecular flexibility index (Phi) is 7.48. The zero-order valence-corrected chi connectivity index (χ0v) is 26.6. The van der Waals surface area contributed by atoms with Crippen LogP contribution in [0.5, 0.6) is 0 Å². The average molecular weight is 542 g/mol. The molecule has 5 aliphatic rings. The second-order valence-electron chi connectivity index (χ2n) is 16.6. The number of esters is 1. The smallest absolute Gasteiger partial charge is 0.320 e. The van der Waals surface area contributed by atoms with Crippen molar-refractivity contribution in [1.82, 2.24) is 4.90 Å². The van der Waals surface area contributed by atoms with Gasteiger partial charge in [-0.05, 0) is 148 Å². The lowest BCUT2D eigenvalue weighted by Gasteiger charge is -2.73. The van der Waals surface area contributed by atoms with Crippen LogP contribution in [-0.4, -0.2) is 49.3 Å². The number of allylic oxidation sites excluding steroid dienone is 1. The van der Waals surface area contributed by atoms with E-state index in [9.17, 15) is 9.90 Å². The molecule has 0 aromatic heterocycles. The molecule has 1 N–H and O–H groups in total. The fourth-order valence-electron chi connectivity index (χ4n) is 12.4. The van der Waals surface area contributed by atoms with Crippen molar-refractivity contribution < 1.29 is 14.6 Å². The Morgan fingerprint density at radius 3 is 2.28 bits per heavy atom. The molecule has 0 aliphatic heterocycles. The maximum Gasteiger partial charge on any atom is 0.320 e. The van der Waals surface area contributed by atoms with Gasteiger partial charge in [-0.25, -0.2) is 0 Å². The third kappa shape index (κ3) is 4.31. The summed E-state index contributed by atoms with van der Waals surface area (Å²) in [6, 6.07) is 0. The summed E-state index contributed by atoms with van der Waals surface area (Å²) in [6.07, 6.45) is 13.3. The molecule has 222 valence electrons. The molecule has 0 amide bonds. The van der Waals surface area contributed by atoms with Crippen molar-refractivity contribution in [2.45, 2.75) is 118 Å². The standard InChI is InChI=1S/C35H59NO3/c1-23(2)24-12-17-35(20-21-39-29(38)22-36(8)9)19-18-33(6)25(30(24)35)10-11-27-32(5)15-14-28(37)31(3,4)26(32)13-16-34(27,33)7/h24-28,30,37H,1,10-22H2,2-9H3/t24-,25+,26-,27+,28?,30+,32-,33+,34+,35+/m0/s1. The minimum atomic E-state index is -0.163. The lowest BCUT2D eigenvalue weighted by atomic mass is 9.32. The predicted molar refractivity (Wildman–Crippen MR) is 159 cm³/mol. The molecule has 4 heteroatoms. The molecule has 0 bridgehead atoms. The van der Waals surface area contributed by atoms with Gasteiger partial charge >= 0.3 is 5.97 Å². The van der Waals surface area contributed by atoms with E-state index in [1.54, 1.807) is 0 Å². The van der Waals surface area contributed by atoms with Crippen molar-refractivity contribution in [3.8, 4) is 0 Å². The minimum Gasteiger partial charge on any atom is -0.465 e. The van der Waals surface area contributed by atoms with Crippen LogP contribution in [0.3, 0.4) is 0 Å². The Morgan fingerprint density at radius 2 is 1.62 bits per heavy atom. The van der Waals surface area contributed by atoms with Crippen LogP contribution in [0.1, 0.15) is 112 Å². The van der Waals surface area contributed by atoms with Crippen LogP contribution in [-0.2, 0) is 9.53 Å². The van der Waals surface area contributed by atoms with E-state index >= 15 is 0 Å². The molecule has 39 heavy (non-hydrogen) atoms. The number of aliphatic hydroxyl groups excluding tert-OH is 1. The normalized spacial score (nSPS) is 48.5. The molecule has 0 spiro atoms. The van der Waals surface area contributed by atoms with Gasteiger partial charge in [-0.3, -0.25) is 9.69 Å². The van der Waals surface area contributed by atoms with Crippen LogP contribution in [0.15, 0.2) is 12.2 Å². The number of fused-ring (bicyclic) bond motifs is 7. The first kappa shape index (κ1) is 29.6. The number of nitrogens with zero attached hydrogens (tertiary/aromatic N) is 1. The fraction of sp³-hybridized carbons (Fsp3) is 0.914.